The van der Waals surface area contributed by atoms with Gasteiger partial charge in [-0.1, -0.05) is 35.2 Å². The average Bonchev–Trinajstić information content (AvgIpc) is 2.20. The smallest absolute Gasteiger partial charge is 0.0780 e. The van der Waals surface area contributed by atoms with Crippen molar-refractivity contribution < 1.29 is 9.47 Å². The van der Waals surface area contributed by atoms with Gasteiger partial charge in [-0.3, -0.25) is 0 Å². The minimum Gasteiger partial charge on any atom is -0.382 e. The predicted octanol–water partition coefficient (Wildman–Crippen LogP) is 2.75. The van der Waals surface area contributed by atoms with Gasteiger partial charge in [0.05, 0.1) is 18.8 Å². The Labute approximate surface area is 89.1 Å². The third-order valence-electron chi connectivity index (χ3n) is 2.70. The van der Waals surface area contributed by atoms with E-state index >= 15 is 0 Å². The SMILES string of the molecule is COCCOC1(CBr)CCCCC1. The van der Waals surface area contributed by atoms with Crippen molar-refractivity contribution in [1.29, 1.82) is 0 Å². The molecule has 0 atom stereocenters. The van der Waals surface area contributed by atoms with Gasteiger partial charge in [-0.15, -0.1) is 0 Å². The molecule has 0 aromatic carbocycles. The summed E-state index contributed by atoms with van der Waals surface area (Å²) in [5.74, 6) is 0. The lowest BCUT2D eigenvalue weighted by molar-refractivity contribution is -0.0673. The van der Waals surface area contributed by atoms with Crippen molar-refractivity contribution in [2.75, 3.05) is 25.7 Å². The molecule has 0 aromatic rings. The molecule has 0 amide bonds. The first-order valence-electron chi connectivity index (χ1n) is 5.02. The Hall–Kier alpha value is 0.400. The number of halogens is 1. The molecule has 13 heavy (non-hydrogen) atoms. The van der Waals surface area contributed by atoms with Crippen LogP contribution < -0.4 is 0 Å². The number of rotatable bonds is 5. The fourth-order valence-corrected chi connectivity index (χ4v) is 2.58. The standard InChI is InChI=1S/C10H19BrO2/c1-12-7-8-13-10(9-11)5-3-2-4-6-10/h2-9H2,1H3. The highest BCUT2D eigenvalue weighted by Crippen LogP contribution is 2.32. The van der Waals surface area contributed by atoms with Crippen molar-refractivity contribution in [3.8, 4) is 0 Å². The van der Waals surface area contributed by atoms with E-state index in [1.807, 2.05) is 0 Å². The molecule has 0 heterocycles. The van der Waals surface area contributed by atoms with E-state index in [2.05, 4.69) is 15.9 Å². The summed E-state index contributed by atoms with van der Waals surface area (Å²) in [5, 5.41) is 0.962. The number of hydrogen-bond donors (Lipinski definition) is 0. The summed E-state index contributed by atoms with van der Waals surface area (Å²) in [7, 11) is 1.71. The monoisotopic (exact) mass is 250 g/mol. The summed E-state index contributed by atoms with van der Waals surface area (Å²) >= 11 is 3.55. The molecule has 0 bridgehead atoms. The molecule has 0 unspecified atom stereocenters. The normalized spacial score (nSPS) is 21.7. The molecule has 3 heteroatoms. The lowest BCUT2D eigenvalue weighted by atomic mass is 9.86. The first-order chi connectivity index (χ1) is 6.33. The van der Waals surface area contributed by atoms with E-state index in [9.17, 15) is 0 Å². The van der Waals surface area contributed by atoms with Crippen LogP contribution in [-0.2, 0) is 9.47 Å². The van der Waals surface area contributed by atoms with Gasteiger partial charge >= 0.3 is 0 Å². The lowest BCUT2D eigenvalue weighted by Gasteiger charge is -2.35. The topological polar surface area (TPSA) is 18.5 Å². The van der Waals surface area contributed by atoms with Gasteiger partial charge in [0.1, 0.15) is 0 Å². The third-order valence-corrected chi connectivity index (χ3v) is 3.73. The highest BCUT2D eigenvalue weighted by Gasteiger charge is 2.31. The Balaban J connectivity index is 2.29. The molecule has 1 aliphatic carbocycles. The first-order valence-corrected chi connectivity index (χ1v) is 6.14. The Morgan fingerprint density at radius 1 is 1.15 bits per heavy atom. The van der Waals surface area contributed by atoms with Crippen molar-refractivity contribution >= 4 is 15.9 Å². The van der Waals surface area contributed by atoms with Crippen LogP contribution >= 0.6 is 15.9 Å². The molecule has 0 saturated heterocycles. The number of ether oxygens (including phenoxy) is 2. The molecule has 1 rings (SSSR count). The maximum atomic E-state index is 5.89. The number of hydrogen-bond acceptors (Lipinski definition) is 2. The first kappa shape index (κ1) is 11.5. The van der Waals surface area contributed by atoms with Gasteiger partial charge in [-0.2, -0.15) is 0 Å². The Bertz CT molecular complexity index is 133. The Kier molecular flexibility index (Phi) is 5.29. The van der Waals surface area contributed by atoms with Crippen LogP contribution in [0.2, 0.25) is 0 Å². The zero-order valence-corrected chi connectivity index (χ0v) is 9.94. The van der Waals surface area contributed by atoms with E-state index in [-0.39, 0.29) is 5.60 Å². The zero-order chi connectivity index (χ0) is 9.57. The second-order valence-corrected chi connectivity index (χ2v) is 4.28. The molecular formula is C10H19BrO2. The van der Waals surface area contributed by atoms with Crippen LogP contribution in [0.1, 0.15) is 32.1 Å². The summed E-state index contributed by atoms with van der Waals surface area (Å²) in [6, 6.07) is 0. The Morgan fingerprint density at radius 3 is 2.38 bits per heavy atom. The van der Waals surface area contributed by atoms with Crippen LogP contribution in [0.4, 0.5) is 0 Å². The summed E-state index contributed by atoms with van der Waals surface area (Å²) in [6.45, 7) is 1.43. The van der Waals surface area contributed by atoms with Gasteiger partial charge in [-0.25, -0.2) is 0 Å². The predicted molar refractivity (Wildman–Crippen MR) is 57.4 cm³/mol. The third kappa shape index (κ3) is 3.56. The summed E-state index contributed by atoms with van der Waals surface area (Å²) in [6.07, 6.45) is 6.36. The second kappa shape index (κ2) is 5.99. The fourth-order valence-electron chi connectivity index (χ4n) is 1.85. The summed E-state index contributed by atoms with van der Waals surface area (Å²) in [5.41, 5.74) is 0.108. The van der Waals surface area contributed by atoms with Crippen LogP contribution in [0.25, 0.3) is 0 Å². The van der Waals surface area contributed by atoms with E-state index in [0.29, 0.717) is 6.61 Å². The van der Waals surface area contributed by atoms with Gasteiger partial charge in [0.25, 0.3) is 0 Å². The van der Waals surface area contributed by atoms with Crippen LogP contribution in [0.3, 0.4) is 0 Å². The highest BCUT2D eigenvalue weighted by atomic mass is 79.9. The molecule has 1 aliphatic rings. The number of alkyl halides is 1. The molecular weight excluding hydrogens is 232 g/mol. The minimum atomic E-state index is 0.108. The fraction of sp³-hybridized carbons (Fsp3) is 1.00. The lowest BCUT2D eigenvalue weighted by Crippen LogP contribution is -2.37. The van der Waals surface area contributed by atoms with Crippen LogP contribution in [0, 0.1) is 0 Å². The summed E-state index contributed by atoms with van der Waals surface area (Å²) < 4.78 is 10.9. The van der Waals surface area contributed by atoms with E-state index in [1.54, 1.807) is 7.11 Å². The molecule has 2 nitrogen and oxygen atoms in total. The van der Waals surface area contributed by atoms with E-state index in [0.717, 1.165) is 11.9 Å². The minimum absolute atomic E-state index is 0.108. The van der Waals surface area contributed by atoms with Gasteiger partial charge in [0, 0.05) is 12.4 Å². The molecule has 0 aromatic heterocycles. The van der Waals surface area contributed by atoms with Gasteiger partial charge in [0.15, 0.2) is 0 Å². The van der Waals surface area contributed by atoms with Crippen LogP contribution in [0.5, 0.6) is 0 Å². The van der Waals surface area contributed by atoms with E-state index < -0.39 is 0 Å². The molecule has 0 radical (unpaired) electrons. The maximum Gasteiger partial charge on any atom is 0.0780 e. The summed E-state index contributed by atoms with van der Waals surface area (Å²) in [4.78, 5) is 0. The van der Waals surface area contributed by atoms with E-state index in [1.165, 1.54) is 32.1 Å². The van der Waals surface area contributed by atoms with Crippen LogP contribution in [-0.4, -0.2) is 31.3 Å². The van der Waals surface area contributed by atoms with Crippen molar-refractivity contribution in [2.24, 2.45) is 0 Å². The van der Waals surface area contributed by atoms with Crippen LogP contribution in [0.15, 0.2) is 0 Å². The van der Waals surface area contributed by atoms with Crippen molar-refractivity contribution in [3.63, 3.8) is 0 Å². The van der Waals surface area contributed by atoms with Gasteiger partial charge < -0.3 is 9.47 Å². The van der Waals surface area contributed by atoms with E-state index in [4.69, 9.17) is 9.47 Å². The Morgan fingerprint density at radius 2 is 1.85 bits per heavy atom. The second-order valence-electron chi connectivity index (χ2n) is 3.72. The quantitative estimate of drug-likeness (QED) is 0.552. The molecule has 78 valence electrons. The molecule has 0 N–H and O–H groups in total. The molecule has 1 saturated carbocycles. The largest absolute Gasteiger partial charge is 0.382 e. The highest BCUT2D eigenvalue weighted by molar-refractivity contribution is 9.09. The van der Waals surface area contributed by atoms with Crippen molar-refractivity contribution in [2.45, 2.75) is 37.7 Å². The van der Waals surface area contributed by atoms with Crippen molar-refractivity contribution in [1.82, 2.24) is 0 Å². The van der Waals surface area contributed by atoms with Crippen molar-refractivity contribution in [3.05, 3.63) is 0 Å². The van der Waals surface area contributed by atoms with Gasteiger partial charge in [0.2, 0.25) is 0 Å². The average molecular weight is 251 g/mol. The molecule has 1 fully saturated rings. The maximum absolute atomic E-state index is 5.89. The zero-order valence-electron chi connectivity index (χ0n) is 8.35. The molecule has 0 spiro atoms. The van der Waals surface area contributed by atoms with Gasteiger partial charge in [-0.05, 0) is 12.8 Å². The number of methoxy groups -OCH3 is 1. The molecule has 0 aliphatic heterocycles.